The van der Waals surface area contributed by atoms with Crippen molar-refractivity contribution >= 4 is 22.6 Å². The normalized spacial score (nSPS) is 13.4. The van der Waals surface area contributed by atoms with Crippen LogP contribution in [0.5, 0.6) is 0 Å². The van der Waals surface area contributed by atoms with Crippen LogP contribution >= 0.6 is 0 Å². The fourth-order valence-corrected chi connectivity index (χ4v) is 2.58. The maximum atomic E-state index is 13.8. The molecule has 0 aliphatic carbocycles. The van der Waals surface area contributed by atoms with Crippen LogP contribution in [-0.2, 0) is 5.60 Å². The van der Waals surface area contributed by atoms with E-state index in [0.717, 1.165) is 23.0 Å². The van der Waals surface area contributed by atoms with E-state index in [1.807, 2.05) is 12.1 Å². The maximum Gasteiger partial charge on any atom is 0.319 e. The summed E-state index contributed by atoms with van der Waals surface area (Å²) in [5.74, 6) is -1.60. The van der Waals surface area contributed by atoms with Crippen molar-refractivity contribution in [2.24, 2.45) is 0 Å². The van der Waals surface area contributed by atoms with Crippen molar-refractivity contribution < 1.29 is 18.7 Å². The van der Waals surface area contributed by atoms with Gasteiger partial charge in [-0.3, -0.25) is 0 Å². The standard InChI is InChI=1S/C18H17F2N3O2/c1-18(25,14-4-2-12(19)9-15(14)20)10-22-17(24)23-13-3-5-16-11(8-13)6-7-21-16/h2-9,21,25H,10H2,1H3,(H2,22,23,24). The van der Waals surface area contributed by atoms with E-state index in [1.54, 1.807) is 18.3 Å². The van der Waals surface area contributed by atoms with E-state index in [9.17, 15) is 18.7 Å². The van der Waals surface area contributed by atoms with Crippen LogP contribution in [0.25, 0.3) is 10.9 Å². The lowest BCUT2D eigenvalue weighted by Gasteiger charge is -2.24. The molecule has 2 aromatic carbocycles. The number of anilines is 1. The van der Waals surface area contributed by atoms with E-state index in [1.165, 1.54) is 6.92 Å². The highest BCUT2D eigenvalue weighted by atomic mass is 19.1. The second kappa shape index (κ2) is 6.52. The number of hydrogen-bond acceptors (Lipinski definition) is 2. The Morgan fingerprint density at radius 1 is 1.20 bits per heavy atom. The van der Waals surface area contributed by atoms with Crippen molar-refractivity contribution in [1.82, 2.24) is 10.3 Å². The molecule has 0 radical (unpaired) electrons. The molecule has 0 saturated carbocycles. The fourth-order valence-electron chi connectivity index (χ4n) is 2.58. The van der Waals surface area contributed by atoms with Gasteiger partial charge in [0.2, 0.25) is 0 Å². The highest BCUT2D eigenvalue weighted by Gasteiger charge is 2.27. The summed E-state index contributed by atoms with van der Waals surface area (Å²) in [5.41, 5.74) is -0.250. The average molecular weight is 345 g/mol. The summed E-state index contributed by atoms with van der Waals surface area (Å²) >= 11 is 0. The Morgan fingerprint density at radius 2 is 2.00 bits per heavy atom. The minimum Gasteiger partial charge on any atom is -0.383 e. The number of fused-ring (bicyclic) bond motifs is 1. The van der Waals surface area contributed by atoms with Crippen LogP contribution in [0.2, 0.25) is 0 Å². The first-order valence-electron chi connectivity index (χ1n) is 7.65. The average Bonchev–Trinajstić information content (AvgIpc) is 3.00. The minimum absolute atomic E-state index is 0.0945. The van der Waals surface area contributed by atoms with Crippen LogP contribution in [0.4, 0.5) is 19.3 Å². The fraction of sp³-hybridized carbons (Fsp3) is 0.167. The Bertz CT molecular complexity index is 922. The molecule has 0 spiro atoms. The second-order valence-electron chi connectivity index (χ2n) is 5.99. The maximum absolute atomic E-state index is 13.8. The third kappa shape index (κ3) is 3.77. The molecule has 1 atom stereocenters. The summed E-state index contributed by atoms with van der Waals surface area (Å²) < 4.78 is 26.8. The van der Waals surface area contributed by atoms with Gasteiger partial charge in [-0.1, -0.05) is 6.07 Å². The lowest BCUT2D eigenvalue weighted by atomic mass is 9.95. The molecular weight excluding hydrogens is 328 g/mol. The lowest BCUT2D eigenvalue weighted by Crippen LogP contribution is -2.41. The molecule has 0 fully saturated rings. The van der Waals surface area contributed by atoms with E-state index >= 15 is 0 Å². The van der Waals surface area contributed by atoms with Crippen molar-refractivity contribution in [2.45, 2.75) is 12.5 Å². The Morgan fingerprint density at radius 3 is 2.76 bits per heavy atom. The number of H-pyrrole nitrogens is 1. The smallest absolute Gasteiger partial charge is 0.319 e. The number of rotatable bonds is 4. The van der Waals surface area contributed by atoms with Crippen LogP contribution < -0.4 is 10.6 Å². The number of hydrogen-bond donors (Lipinski definition) is 4. The number of urea groups is 1. The van der Waals surface area contributed by atoms with Crippen molar-refractivity contribution in [2.75, 3.05) is 11.9 Å². The molecule has 2 amide bonds. The molecule has 5 nitrogen and oxygen atoms in total. The molecule has 130 valence electrons. The van der Waals surface area contributed by atoms with Gasteiger partial charge in [0.15, 0.2) is 0 Å². The zero-order valence-electron chi connectivity index (χ0n) is 13.4. The molecule has 1 heterocycles. The van der Waals surface area contributed by atoms with Crippen LogP contribution in [0.1, 0.15) is 12.5 Å². The molecule has 7 heteroatoms. The van der Waals surface area contributed by atoms with Crippen LogP contribution in [0.3, 0.4) is 0 Å². The summed E-state index contributed by atoms with van der Waals surface area (Å²) in [7, 11) is 0. The SMILES string of the molecule is CC(O)(CNC(=O)Nc1ccc2[nH]ccc2c1)c1ccc(F)cc1F. The van der Waals surface area contributed by atoms with Gasteiger partial charge < -0.3 is 20.7 Å². The van der Waals surface area contributed by atoms with Crippen molar-refractivity contribution in [3.05, 3.63) is 65.9 Å². The van der Waals surface area contributed by atoms with E-state index in [-0.39, 0.29) is 12.1 Å². The molecule has 3 rings (SSSR count). The number of aliphatic hydroxyl groups is 1. The van der Waals surface area contributed by atoms with E-state index < -0.39 is 23.3 Å². The van der Waals surface area contributed by atoms with Gasteiger partial charge in [-0.25, -0.2) is 13.6 Å². The van der Waals surface area contributed by atoms with Gasteiger partial charge in [-0.15, -0.1) is 0 Å². The predicted molar refractivity (Wildman–Crippen MR) is 91.2 cm³/mol. The number of carbonyl (C=O) groups is 1. The van der Waals surface area contributed by atoms with Gasteiger partial charge in [0.05, 0.1) is 6.54 Å². The summed E-state index contributed by atoms with van der Waals surface area (Å²) in [6, 6.07) is 9.59. The molecule has 0 saturated heterocycles. The van der Waals surface area contributed by atoms with Gasteiger partial charge in [0.1, 0.15) is 17.2 Å². The lowest BCUT2D eigenvalue weighted by molar-refractivity contribution is 0.0561. The topological polar surface area (TPSA) is 77.2 Å². The van der Waals surface area contributed by atoms with E-state index in [0.29, 0.717) is 11.8 Å². The number of benzene rings is 2. The zero-order chi connectivity index (χ0) is 18.0. The molecular formula is C18H17F2N3O2. The summed E-state index contributed by atoms with van der Waals surface area (Å²) in [6.07, 6.45) is 1.79. The number of nitrogens with one attached hydrogen (secondary N) is 3. The summed E-state index contributed by atoms with van der Waals surface area (Å²) in [5, 5.41) is 16.4. The molecule has 25 heavy (non-hydrogen) atoms. The third-order valence-electron chi connectivity index (χ3n) is 3.92. The highest BCUT2D eigenvalue weighted by Crippen LogP contribution is 2.23. The van der Waals surface area contributed by atoms with Gasteiger partial charge in [0.25, 0.3) is 0 Å². The molecule has 4 N–H and O–H groups in total. The first-order valence-corrected chi connectivity index (χ1v) is 7.65. The number of halogens is 2. The van der Waals surface area contributed by atoms with Crippen LogP contribution in [-0.4, -0.2) is 22.7 Å². The number of amides is 2. The van der Waals surface area contributed by atoms with Crippen molar-refractivity contribution in [3.8, 4) is 0 Å². The Labute approximate surface area is 142 Å². The molecule has 0 aliphatic rings. The quantitative estimate of drug-likeness (QED) is 0.584. The Kier molecular flexibility index (Phi) is 4.41. The molecule has 0 aliphatic heterocycles. The van der Waals surface area contributed by atoms with Gasteiger partial charge >= 0.3 is 6.03 Å². The first kappa shape index (κ1) is 16.9. The number of carbonyl (C=O) groups excluding carboxylic acids is 1. The first-order chi connectivity index (χ1) is 11.8. The Balaban J connectivity index is 1.64. The third-order valence-corrected chi connectivity index (χ3v) is 3.92. The molecule has 1 unspecified atom stereocenters. The van der Waals surface area contributed by atoms with Crippen LogP contribution in [0, 0.1) is 11.6 Å². The predicted octanol–water partition coefficient (Wildman–Crippen LogP) is 3.48. The monoisotopic (exact) mass is 345 g/mol. The van der Waals surface area contributed by atoms with E-state index in [2.05, 4.69) is 15.6 Å². The van der Waals surface area contributed by atoms with Gasteiger partial charge in [0, 0.05) is 34.4 Å². The van der Waals surface area contributed by atoms with E-state index in [4.69, 9.17) is 0 Å². The summed E-state index contributed by atoms with van der Waals surface area (Å²) in [4.78, 5) is 15.1. The highest BCUT2D eigenvalue weighted by molar-refractivity contribution is 5.92. The molecule has 3 aromatic rings. The largest absolute Gasteiger partial charge is 0.383 e. The van der Waals surface area contributed by atoms with Crippen molar-refractivity contribution in [3.63, 3.8) is 0 Å². The van der Waals surface area contributed by atoms with Gasteiger partial charge in [-0.05, 0) is 37.3 Å². The second-order valence-corrected chi connectivity index (χ2v) is 5.99. The number of aromatic nitrogens is 1. The van der Waals surface area contributed by atoms with Crippen molar-refractivity contribution in [1.29, 1.82) is 0 Å². The zero-order valence-corrected chi connectivity index (χ0v) is 13.4. The van der Waals surface area contributed by atoms with Crippen LogP contribution in [0.15, 0.2) is 48.7 Å². The van der Waals surface area contributed by atoms with Gasteiger partial charge in [-0.2, -0.15) is 0 Å². The molecule has 0 bridgehead atoms. The number of aromatic amines is 1. The minimum atomic E-state index is -1.68. The Hall–Kier alpha value is -2.93. The molecule has 1 aromatic heterocycles. The summed E-state index contributed by atoms with van der Waals surface area (Å²) in [6.45, 7) is 1.10.